The average Bonchev–Trinajstić information content (AvgIpc) is 3.62. The average molecular weight is 752 g/mol. The highest BCUT2D eigenvalue weighted by atomic mass is 16.3. The summed E-state index contributed by atoms with van der Waals surface area (Å²) in [6.45, 7) is 10.3. The fourth-order valence-electron chi connectivity index (χ4n) is 7.65. The molecule has 284 valence electrons. The van der Waals surface area contributed by atoms with Gasteiger partial charge in [0.05, 0.1) is 28.0 Å². The van der Waals surface area contributed by atoms with Crippen molar-refractivity contribution >= 4 is 11.0 Å². The van der Waals surface area contributed by atoms with Crippen LogP contribution in [0.1, 0.15) is 77.6 Å². The van der Waals surface area contributed by atoms with E-state index in [9.17, 15) is 5.11 Å². The molecule has 0 atom stereocenters. The number of nitrogens with zero attached hydrogens (tertiary/aromatic N) is 3. The van der Waals surface area contributed by atoms with Crippen LogP contribution in [0.5, 0.6) is 5.75 Å². The van der Waals surface area contributed by atoms with E-state index in [-0.39, 0.29) is 22.1 Å². The van der Waals surface area contributed by atoms with Crippen LogP contribution < -0.4 is 0 Å². The molecule has 57 heavy (non-hydrogen) atoms. The van der Waals surface area contributed by atoms with Crippen molar-refractivity contribution in [3.63, 3.8) is 0 Å². The first kappa shape index (κ1) is 30.9. The van der Waals surface area contributed by atoms with Crippen molar-refractivity contribution in [2.24, 2.45) is 0 Å². The molecule has 8 rings (SSSR count). The highest BCUT2D eigenvalue weighted by Gasteiger charge is 2.27. The Labute approximate surface area is 346 Å². The second kappa shape index (κ2) is 14.4. The summed E-state index contributed by atoms with van der Waals surface area (Å²) >= 11 is 0. The maximum Gasteiger partial charge on any atom is 0.149 e. The van der Waals surface area contributed by atoms with E-state index >= 15 is 0 Å². The Morgan fingerprint density at radius 1 is 0.561 bits per heavy atom. The molecule has 0 aliphatic rings. The van der Waals surface area contributed by atoms with Gasteiger partial charge in [0.2, 0.25) is 0 Å². The zero-order chi connectivity index (χ0) is 45.2. The normalized spacial score (nSPS) is 14.0. The van der Waals surface area contributed by atoms with Crippen molar-refractivity contribution in [1.82, 2.24) is 14.5 Å². The zero-order valence-corrected chi connectivity index (χ0v) is 33.6. The van der Waals surface area contributed by atoms with E-state index in [1.807, 2.05) is 91.9 Å². The van der Waals surface area contributed by atoms with E-state index in [4.69, 9.17) is 18.2 Å². The molecule has 0 radical (unpaired) electrons. The van der Waals surface area contributed by atoms with E-state index < -0.39 is 13.7 Å². The van der Waals surface area contributed by atoms with Gasteiger partial charge in [-0.25, -0.2) is 4.98 Å². The molecule has 0 saturated carbocycles. The summed E-state index contributed by atoms with van der Waals surface area (Å²) in [5, 5.41) is 12.2. The van der Waals surface area contributed by atoms with Gasteiger partial charge in [0.15, 0.2) is 0 Å². The molecule has 8 aromatic rings. The number of hydrogen-bond acceptors (Lipinski definition) is 3. The van der Waals surface area contributed by atoms with Crippen molar-refractivity contribution in [3.05, 3.63) is 167 Å². The molecular formula is C53H51N3O. The summed E-state index contributed by atoms with van der Waals surface area (Å²) in [5.41, 5.74) is 12.4. The number of fused-ring (bicyclic) bond motifs is 1. The lowest BCUT2D eigenvalue weighted by molar-refractivity contribution is 0.448. The van der Waals surface area contributed by atoms with E-state index in [1.54, 1.807) is 30.5 Å². The Morgan fingerprint density at radius 3 is 2.00 bits per heavy atom. The number of aryl methyl sites for hydroxylation is 3. The first-order chi connectivity index (χ1) is 29.6. The Bertz CT molecular complexity index is 3000. The molecule has 0 aliphatic heterocycles. The van der Waals surface area contributed by atoms with E-state index in [0.29, 0.717) is 22.5 Å². The van der Waals surface area contributed by atoms with Crippen LogP contribution in [0.25, 0.3) is 72.7 Å². The highest BCUT2D eigenvalue weighted by molar-refractivity contribution is 5.98. The number of aromatic nitrogens is 3. The highest BCUT2D eigenvalue weighted by Crippen LogP contribution is 2.44. The Hall–Kier alpha value is -6.26. The quantitative estimate of drug-likeness (QED) is 0.184. The van der Waals surface area contributed by atoms with Crippen LogP contribution in [0.3, 0.4) is 0 Å². The number of rotatable bonds is 6. The molecule has 2 heterocycles. The number of aromatic hydroxyl groups is 1. The molecule has 0 amide bonds. The van der Waals surface area contributed by atoms with E-state index in [2.05, 4.69) is 70.4 Å². The molecule has 0 fully saturated rings. The lowest BCUT2D eigenvalue weighted by Crippen LogP contribution is -2.12. The van der Waals surface area contributed by atoms with Gasteiger partial charge in [0.25, 0.3) is 0 Å². The van der Waals surface area contributed by atoms with Crippen LogP contribution in [0.4, 0.5) is 0 Å². The summed E-state index contributed by atoms with van der Waals surface area (Å²) in [7, 11) is 0. The van der Waals surface area contributed by atoms with Gasteiger partial charge in [-0.15, -0.1) is 0 Å². The molecular weight excluding hydrogens is 695 g/mol. The zero-order valence-electron chi connectivity index (χ0n) is 39.6. The minimum atomic E-state index is -2.33. The van der Waals surface area contributed by atoms with Gasteiger partial charge in [-0.1, -0.05) is 138 Å². The summed E-state index contributed by atoms with van der Waals surface area (Å²) < 4.78 is 50.5. The maximum absolute atomic E-state index is 12.2. The Kier molecular flexibility index (Phi) is 7.78. The van der Waals surface area contributed by atoms with E-state index in [1.165, 1.54) is 0 Å². The second-order valence-electron chi connectivity index (χ2n) is 17.1. The monoisotopic (exact) mass is 751 g/mol. The molecule has 0 bridgehead atoms. The molecule has 2 aromatic heterocycles. The molecule has 4 heteroatoms. The third kappa shape index (κ3) is 7.29. The fraction of sp³-hybridized carbons (Fsp3) is 0.208. The molecule has 0 unspecified atom stereocenters. The first-order valence-electron chi connectivity index (χ1n) is 22.4. The summed E-state index contributed by atoms with van der Waals surface area (Å²) in [4.78, 5) is 10.3. The van der Waals surface area contributed by atoms with Gasteiger partial charge in [0.1, 0.15) is 11.6 Å². The van der Waals surface area contributed by atoms with Gasteiger partial charge in [-0.2, -0.15) is 0 Å². The largest absolute Gasteiger partial charge is 0.507 e. The molecule has 0 spiro atoms. The maximum atomic E-state index is 12.2. The van der Waals surface area contributed by atoms with Crippen LogP contribution in [0.2, 0.25) is 0 Å². The summed E-state index contributed by atoms with van der Waals surface area (Å²) in [6.07, 6.45) is 1.78. The van der Waals surface area contributed by atoms with Gasteiger partial charge < -0.3 is 5.11 Å². The number of phenolic OH excluding ortho intramolecular Hbond substituents is 1. The predicted octanol–water partition coefficient (Wildman–Crippen LogP) is 14.0. The number of hydrogen-bond donors (Lipinski definition) is 1. The smallest absolute Gasteiger partial charge is 0.149 e. The molecule has 4 nitrogen and oxygen atoms in total. The molecule has 0 aliphatic carbocycles. The molecule has 0 saturated heterocycles. The first-order valence-corrected chi connectivity index (χ1v) is 19.4. The van der Waals surface area contributed by atoms with E-state index in [0.717, 1.165) is 72.5 Å². The van der Waals surface area contributed by atoms with Crippen LogP contribution in [0, 0.1) is 20.6 Å². The number of phenols is 1. The second-order valence-corrected chi connectivity index (χ2v) is 17.1. The SMILES string of the molecule is [2H]C([2H])([2H])c1ccc(-c2ccnc(-c3cc(-c4cccc5c4nc(-c4cc(C)cc(C(C)(C)C)c4O)n5-c4ccc(C([2H])([2H])[2H])cc4-c4ccccc4)cc(C(C)(C)C)c3)c2)cc1. The Balaban J connectivity index is 1.40. The van der Waals surface area contributed by atoms with Crippen LogP contribution in [0.15, 0.2) is 140 Å². The lowest BCUT2D eigenvalue weighted by atomic mass is 9.83. The number of pyridine rings is 1. The van der Waals surface area contributed by atoms with Crippen LogP contribution in [-0.4, -0.2) is 19.6 Å². The minimum absolute atomic E-state index is 0.141. The standard InChI is InChI=1S/C53H51N3O/c1-33-18-21-36(22-19-33)38-24-25-54-46(32-38)40-29-39(30-41(31-40)52(4,5)6)42-16-13-17-48-49(42)55-51(44-27-35(3)28-45(50(44)57)53(7,8)9)56(48)47-23-20-34(2)26-43(47)37-14-11-10-12-15-37/h10-32,57H,1-9H3/i1D3,2D3. The third-order valence-corrected chi connectivity index (χ3v) is 10.7. The number of para-hydroxylation sites is 1. The van der Waals surface area contributed by atoms with Gasteiger partial charge in [0, 0.05) is 36.7 Å². The van der Waals surface area contributed by atoms with Gasteiger partial charge >= 0.3 is 0 Å². The Morgan fingerprint density at radius 2 is 1.28 bits per heavy atom. The van der Waals surface area contributed by atoms with Gasteiger partial charge in [-0.3, -0.25) is 9.55 Å². The summed E-state index contributed by atoms with van der Waals surface area (Å²) in [6, 6.07) is 42.6. The molecule has 1 N–H and O–H groups in total. The van der Waals surface area contributed by atoms with Crippen molar-refractivity contribution < 1.29 is 13.3 Å². The van der Waals surface area contributed by atoms with Crippen molar-refractivity contribution in [2.75, 3.05) is 0 Å². The summed E-state index contributed by atoms with van der Waals surface area (Å²) in [5.74, 6) is 0.664. The van der Waals surface area contributed by atoms with Crippen LogP contribution in [-0.2, 0) is 10.8 Å². The van der Waals surface area contributed by atoms with Crippen molar-refractivity contribution in [3.8, 4) is 67.5 Å². The van der Waals surface area contributed by atoms with Crippen molar-refractivity contribution in [1.29, 1.82) is 0 Å². The van der Waals surface area contributed by atoms with Crippen LogP contribution >= 0.6 is 0 Å². The predicted molar refractivity (Wildman–Crippen MR) is 239 cm³/mol. The number of imidazole rings is 1. The fourth-order valence-corrected chi connectivity index (χ4v) is 7.65. The third-order valence-electron chi connectivity index (χ3n) is 10.7. The molecule has 6 aromatic carbocycles. The van der Waals surface area contributed by atoms with Crippen molar-refractivity contribution in [2.45, 2.75) is 73.0 Å². The number of benzene rings is 6. The lowest BCUT2D eigenvalue weighted by Gasteiger charge is -2.23. The van der Waals surface area contributed by atoms with Gasteiger partial charge in [-0.05, 0) is 113 Å². The minimum Gasteiger partial charge on any atom is -0.507 e. The topological polar surface area (TPSA) is 50.9 Å².